The predicted molar refractivity (Wildman–Crippen MR) is 114 cm³/mol. The summed E-state index contributed by atoms with van der Waals surface area (Å²) in [7, 11) is -8.27. The molecule has 1 aromatic carbocycles. The number of hydrogen-bond donors (Lipinski definition) is 1. The Morgan fingerprint density at radius 3 is 2.58 bits per heavy atom. The minimum absolute atomic E-state index is 0.106. The van der Waals surface area contributed by atoms with Crippen molar-refractivity contribution in [2.75, 3.05) is 19.3 Å². The second-order valence-corrected chi connectivity index (χ2v) is 11.3. The minimum atomic E-state index is -4.25. The molecule has 1 aromatic heterocycles. The van der Waals surface area contributed by atoms with E-state index in [0.29, 0.717) is 0 Å². The SMILES string of the molecule is C[C@H](OS(C)(=O)=O)[C@]1(O)CN(S(=O)(=O)c2ccc(Cl)cn2)C[C@@H]1Oc1ccc(C#N)c(F)c1. The lowest BCUT2D eigenvalue weighted by Crippen LogP contribution is -2.54. The van der Waals surface area contributed by atoms with E-state index in [1.807, 2.05) is 0 Å². The Hall–Kier alpha value is -2.34. The van der Waals surface area contributed by atoms with E-state index in [2.05, 4.69) is 4.98 Å². The molecule has 0 unspecified atom stereocenters. The molecular formula is C19H19ClFN3O7S2. The van der Waals surface area contributed by atoms with Gasteiger partial charge in [-0.15, -0.1) is 0 Å². The third-order valence-electron chi connectivity index (χ3n) is 5.02. The lowest BCUT2D eigenvalue weighted by Gasteiger charge is -2.33. The van der Waals surface area contributed by atoms with Crippen molar-refractivity contribution in [3.05, 3.63) is 52.9 Å². The number of ether oxygens (including phenoxy) is 1. The van der Waals surface area contributed by atoms with Gasteiger partial charge in [0, 0.05) is 18.8 Å². The summed E-state index contributed by atoms with van der Waals surface area (Å²) in [5.41, 5.74) is -2.39. The highest BCUT2D eigenvalue weighted by atomic mass is 35.5. The highest BCUT2D eigenvalue weighted by molar-refractivity contribution is 7.89. The van der Waals surface area contributed by atoms with Crippen LogP contribution in [0.2, 0.25) is 5.02 Å². The number of aliphatic hydroxyl groups is 1. The van der Waals surface area contributed by atoms with Crippen molar-refractivity contribution in [3.8, 4) is 11.8 Å². The number of rotatable bonds is 7. The maximum atomic E-state index is 14.0. The van der Waals surface area contributed by atoms with Gasteiger partial charge in [0.05, 0.1) is 23.4 Å². The average molecular weight is 520 g/mol. The van der Waals surface area contributed by atoms with Crippen LogP contribution in [0.1, 0.15) is 12.5 Å². The molecule has 1 aliphatic rings. The van der Waals surface area contributed by atoms with Crippen LogP contribution in [-0.2, 0) is 24.3 Å². The van der Waals surface area contributed by atoms with Crippen molar-refractivity contribution in [3.63, 3.8) is 0 Å². The Balaban J connectivity index is 1.98. The van der Waals surface area contributed by atoms with Crippen LogP contribution in [-0.4, -0.2) is 68.4 Å². The molecule has 1 saturated heterocycles. The quantitative estimate of drug-likeness (QED) is 0.534. The molecule has 2 aromatic rings. The summed E-state index contributed by atoms with van der Waals surface area (Å²) < 4.78 is 74.9. The largest absolute Gasteiger partial charge is 0.486 e. The summed E-state index contributed by atoms with van der Waals surface area (Å²) in [4.78, 5) is 3.79. The number of sulfonamides is 1. The molecule has 1 fully saturated rings. The van der Waals surface area contributed by atoms with Crippen molar-refractivity contribution in [2.45, 2.75) is 29.8 Å². The summed E-state index contributed by atoms with van der Waals surface area (Å²) >= 11 is 5.76. The third-order valence-corrected chi connectivity index (χ3v) is 7.61. The van der Waals surface area contributed by atoms with E-state index in [1.54, 1.807) is 6.07 Å². The van der Waals surface area contributed by atoms with Crippen LogP contribution in [0.3, 0.4) is 0 Å². The molecule has 1 aliphatic heterocycles. The maximum absolute atomic E-state index is 14.0. The second-order valence-electron chi connectivity index (χ2n) is 7.41. The van der Waals surface area contributed by atoms with E-state index < -0.39 is 56.9 Å². The van der Waals surface area contributed by atoms with Crippen molar-refractivity contribution in [1.29, 1.82) is 5.26 Å². The van der Waals surface area contributed by atoms with Gasteiger partial charge in [-0.3, -0.25) is 4.18 Å². The van der Waals surface area contributed by atoms with Crippen LogP contribution in [0.5, 0.6) is 5.75 Å². The Morgan fingerprint density at radius 1 is 1.33 bits per heavy atom. The normalized spacial score (nSPS) is 22.6. The van der Waals surface area contributed by atoms with Gasteiger partial charge in [-0.2, -0.15) is 18.0 Å². The molecule has 33 heavy (non-hydrogen) atoms. The van der Waals surface area contributed by atoms with Gasteiger partial charge in [0.25, 0.3) is 20.1 Å². The summed E-state index contributed by atoms with van der Waals surface area (Å²) in [6.45, 7) is 0.218. The van der Waals surface area contributed by atoms with Crippen molar-refractivity contribution >= 4 is 31.7 Å². The molecule has 0 spiro atoms. The Bertz CT molecular complexity index is 1300. The van der Waals surface area contributed by atoms with E-state index in [0.717, 1.165) is 28.9 Å². The van der Waals surface area contributed by atoms with Crippen molar-refractivity contribution < 1.29 is 35.3 Å². The van der Waals surface area contributed by atoms with Gasteiger partial charge in [0.2, 0.25) is 0 Å². The van der Waals surface area contributed by atoms with Gasteiger partial charge in [-0.25, -0.2) is 17.8 Å². The predicted octanol–water partition coefficient (Wildman–Crippen LogP) is 1.29. The fourth-order valence-corrected chi connectivity index (χ4v) is 5.52. The fourth-order valence-electron chi connectivity index (χ4n) is 3.32. The van der Waals surface area contributed by atoms with Crippen LogP contribution < -0.4 is 4.74 Å². The van der Waals surface area contributed by atoms with E-state index in [4.69, 9.17) is 25.8 Å². The molecule has 0 radical (unpaired) electrons. The third kappa shape index (κ3) is 5.43. The standard InChI is InChI=1S/C19H19ClFN3O7S2/c1-12(31-32(2,26)27)19(25)11-24(33(28,29)18-6-4-14(20)9-23-18)10-17(19)30-15-5-3-13(8-22)16(21)7-15/h3-7,9,12,17,25H,10-11H2,1-2H3/t12-,17-,19+/m0/s1. The minimum Gasteiger partial charge on any atom is -0.486 e. The molecule has 0 amide bonds. The number of hydrogen-bond acceptors (Lipinski definition) is 9. The van der Waals surface area contributed by atoms with Gasteiger partial charge in [-0.05, 0) is 31.2 Å². The first-order valence-electron chi connectivity index (χ1n) is 9.35. The Morgan fingerprint density at radius 2 is 2.03 bits per heavy atom. The lowest BCUT2D eigenvalue weighted by atomic mass is 9.94. The molecule has 2 heterocycles. The highest BCUT2D eigenvalue weighted by Gasteiger charge is 2.55. The summed E-state index contributed by atoms with van der Waals surface area (Å²) in [6, 6.07) is 7.48. The molecule has 178 valence electrons. The van der Waals surface area contributed by atoms with Gasteiger partial charge in [0.1, 0.15) is 35.4 Å². The zero-order chi connectivity index (χ0) is 24.6. The zero-order valence-corrected chi connectivity index (χ0v) is 19.7. The number of aromatic nitrogens is 1. The van der Waals surface area contributed by atoms with Gasteiger partial charge >= 0.3 is 0 Å². The number of nitriles is 1. The van der Waals surface area contributed by atoms with E-state index in [-0.39, 0.29) is 21.4 Å². The van der Waals surface area contributed by atoms with Crippen molar-refractivity contribution in [1.82, 2.24) is 9.29 Å². The molecule has 3 rings (SSSR count). The first-order valence-corrected chi connectivity index (χ1v) is 13.0. The molecule has 0 bridgehead atoms. The monoisotopic (exact) mass is 519 g/mol. The molecule has 14 heteroatoms. The number of β-amino-alcohol motifs (C(OH)–C–C–N with tert-alkyl or cyclic N) is 1. The van der Waals surface area contributed by atoms with E-state index in [1.165, 1.54) is 25.1 Å². The highest BCUT2D eigenvalue weighted by Crippen LogP contribution is 2.34. The molecule has 0 aliphatic carbocycles. The van der Waals surface area contributed by atoms with Crippen LogP contribution >= 0.6 is 11.6 Å². The van der Waals surface area contributed by atoms with Crippen LogP contribution in [0.4, 0.5) is 4.39 Å². The Kier molecular flexibility index (Phi) is 6.99. The molecule has 10 nitrogen and oxygen atoms in total. The van der Waals surface area contributed by atoms with Crippen LogP contribution in [0.15, 0.2) is 41.6 Å². The summed E-state index contributed by atoms with van der Waals surface area (Å²) in [6.07, 6.45) is -0.873. The molecule has 1 N–H and O–H groups in total. The van der Waals surface area contributed by atoms with E-state index >= 15 is 0 Å². The topological polar surface area (TPSA) is 147 Å². The second kappa shape index (κ2) is 9.13. The van der Waals surface area contributed by atoms with Gasteiger partial charge in [0.15, 0.2) is 5.03 Å². The zero-order valence-electron chi connectivity index (χ0n) is 17.3. The van der Waals surface area contributed by atoms with Gasteiger partial charge < -0.3 is 9.84 Å². The fraction of sp³-hybridized carbons (Fsp3) is 0.368. The summed E-state index contributed by atoms with van der Waals surface area (Å²) in [5.74, 6) is -0.989. The first-order chi connectivity index (χ1) is 15.3. The maximum Gasteiger partial charge on any atom is 0.264 e. The van der Waals surface area contributed by atoms with Crippen LogP contribution in [0.25, 0.3) is 0 Å². The molecular weight excluding hydrogens is 501 g/mol. The van der Waals surface area contributed by atoms with Crippen molar-refractivity contribution in [2.24, 2.45) is 0 Å². The molecule has 3 atom stereocenters. The average Bonchev–Trinajstić information content (AvgIpc) is 3.06. The number of pyridine rings is 1. The summed E-state index contributed by atoms with van der Waals surface area (Å²) in [5, 5.41) is 20.1. The van der Waals surface area contributed by atoms with Gasteiger partial charge in [-0.1, -0.05) is 11.6 Å². The van der Waals surface area contributed by atoms with Crippen LogP contribution in [0, 0.1) is 17.1 Å². The van der Waals surface area contributed by atoms with E-state index in [9.17, 15) is 26.3 Å². The number of halogens is 2. The molecule has 0 saturated carbocycles. The lowest BCUT2D eigenvalue weighted by molar-refractivity contribution is -0.0930. The Labute approximate surface area is 195 Å². The first kappa shape index (κ1) is 25.3. The number of nitrogens with zero attached hydrogens (tertiary/aromatic N) is 3. The smallest absolute Gasteiger partial charge is 0.264 e. The number of benzene rings is 1.